The largest absolute Gasteiger partial charge is 0.467 e. The minimum atomic E-state index is -0.433. The molecule has 0 aliphatic carbocycles. The zero-order valence-corrected chi connectivity index (χ0v) is 17.4. The number of nitrogens with one attached hydrogen (secondary N) is 1. The average Bonchev–Trinajstić information content (AvgIpc) is 3.07. The van der Waals surface area contributed by atoms with Crippen molar-refractivity contribution in [1.29, 1.82) is 0 Å². The van der Waals surface area contributed by atoms with Crippen molar-refractivity contribution in [3.8, 4) is 6.01 Å². The molecule has 4 rings (SSSR count). The van der Waals surface area contributed by atoms with Crippen molar-refractivity contribution in [3.05, 3.63) is 40.7 Å². The first-order chi connectivity index (χ1) is 14.0. The molecule has 2 aliphatic heterocycles. The molecule has 1 aromatic heterocycles. The van der Waals surface area contributed by atoms with Crippen molar-refractivity contribution in [2.75, 3.05) is 32.1 Å². The molecule has 0 saturated carbocycles. The van der Waals surface area contributed by atoms with Crippen LogP contribution >= 0.6 is 11.6 Å². The Hall–Kier alpha value is -2.78. The van der Waals surface area contributed by atoms with Gasteiger partial charge in [0.2, 0.25) is 5.95 Å². The Morgan fingerprint density at radius 2 is 1.90 bits per heavy atom. The van der Waals surface area contributed by atoms with Gasteiger partial charge in [-0.05, 0) is 31.7 Å². The quantitative estimate of drug-likeness (QED) is 0.768. The zero-order valence-electron chi connectivity index (χ0n) is 16.6. The minimum Gasteiger partial charge on any atom is -0.467 e. The highest BCUT2D eigenvalue weighted by atomic mass is 35.5. The molecule has 9 nitrogen and oxygen atoms in total. The summed E-state index contributed by atoms with van der Waals surface area (Å²) in [6.45, 7) is 3.66. The smallest absolute Gasteiger partial charge is 0.321 e. The third kappa shape index (κ3) is 4.01. The van der Waals surface area contributed by atoms with Crippen LogP contribution in [-0.2, 0) is 0 Å². The van der Waals surface area contributed by atoms with E-state index >= 15 is 0 Å². The number of rotatable bonds is 3. The lowest BCUT2D eigenvalue weighted by molar-refractivity contribution is 0.171. The van der Waals surface area contributed by atoms with E-state index in [0.717, 1.165) is 31.5 Å². The molecule has 2 aliphatic rings. The predicted octanol–water partition coefficient (Wildman–Crippen LogP) is 2.06. The number of ether oxygens (including phenoxy) is 1. The number of hydrogen-bond acceptors (Lipinski definition) is 9. The molecular formula is C19H23ClN8O. The van der Waals surface area contributed by atoms with Gasteiger partial charge in [0.15, 0.2) is 0 Å². The monoisotopic (exact) mass is 414 g/mol. The fourth-order valence-electron chi connectivity index (χ4n) is 3.45. The number of aromatic nitrogens is 3. The second kappa shape index (κ2) is 7.92. The lowest BCUT2D eigenvalue weighted by Crippen LogP contribution is -2.60. The number of aliphatic imine (C=N–C) groups is 1. The van der Waals surface area contributed by atoms with Crippen molar-refractivity contribution >= 4 is 29.7 Å². The Morgan fingerprint density at radius 1 is 1.17 bits per heavy atom. The second-order valence-electron chi connectivity index (χ2n) is 7.17. The van der Waals surface area contributed by atoms with Crippen molar-refractivity contribution < 1.29 is 4.74 Å². The summed E-state index contributed by atoms with van der Waals surface area (Å²) >= 11 is 5.97. The van der Waals surface area contributed by atoms with Crippen molar-refractivity contribution in [2.45, 2.75) is 25.4 Å². The molecule has 0 radical (unpaired) electrons. The summed E-state index contributed by atoms with van der Waals surface area (Å²) in [7, 11) is 3.66. The van der Waals surface area contributed by atoms with Crippen LogP contribution in [0.25, 0.3) is 0 Å². The molecule has 1 saturated heterocycles. The number of hydrogen-bond donors (Lipinski definition) is 1. The van der Waals surface area contributed by atoms with Crippen LogP contribution in [0, 0.1) is 6.92 Å². The van der Waals surface area contributed by atoms with Crippen LogP contribution in [0.15, 0.2) is 34.4 Å². The predicted molar refractivity (Wildman–Crippen MR) is 113 cm³/mol. The molecule has 152 valence electrons. The molecule has 0 unspecified atom stereocenters. The minimum absolute atomic E-state index is 0.267. The maximum atomic E-state index is 5.97. The van der Waals surface area contributed by atoms with E-state index < -0.39 is 5.66 Å². The highest BCUT2D eigenvalue weighted by molar-refractivity contribution is 6.30. The molecule has 0 amide bonds. The maximum absolute atomic E-state index is 5.97. The van der Waals surface area contributed by atoms with Crippen LogP contribution in [0.1, 0.15) is 24.2 Å². The highest BCUT2D eigenvalue weighted by Gasteiger charge is 2.47. The van der Waals surface area contributed by atoms with E-state index in [-0.39, 0.29) is 6.01 Å². The van der Waals surface area contributed by atoms with Crippen LogP contribution in [0.4, 0.5) is 5.95 Å². The summed E-state index contributed by atoms with van der Waals surface area (Å²) in [5.74, 6) is 1.54. The normalized spacial score (nSPS) is 18.9. The van der Waals surface area contributed by atoms with Crippen LogP contribution < -0.4 is 15.1 Å². The molecule has 10 heteroatoms. The summed E-state index contributed by atoms with van der Waals surface area (Å²) < 4.78 is 5.26. The van der Waals surface area contributed by atoms with Gasteiger partial charge in [-0.2, -0.15) is 15.0 Å². The standard InChI is InChI=1S/C19H23ClN8O/c1-13-22-17(24-18(23-13)29-3)28-16(21-12-14-4-6-15(20)7-5-14)25-26-19(28)8-10-27(2)11-9-19/h4-7,12,26H,8-11H2,1-3H3/b21-12+. The Labute approximate surface area is 174 Å². The third-order valence-electron chi connectivity index (χ3n) is 5.10. The van der Waals surface area contributed by atoms with Gasteiger partial charge in [-0.25, -0.2) is 4.99 Å². The van der Waals surface area contributed by atoms with Crippen molar-refractivity contribution in [1.82, 2.24) is 25.3 Å². The average molecular weight is 415 g/mol. The molecule has 29 heavy (non-hydrogen) atoms. The van der Waals surface area contributed by atoms with E-state index in [9.17, 15) is 0 Å². The van der Waals surface area contributed by atoms with E-state index in [0.29, 0.717) is 22.8 Å². The van der Waals surface area contributed by atoms with Gasteiger partial charge in [0.05, 0.1) is 7.11 Å². The van der Waals surface area contributed by atoms with Crippen LogP contribution in [0.5, 0.6) is 6.01 Å². The number of anilines is 1. The number of likely N-dealkylation sites (tertiary alicyclic amines) is 1. The van der Waals surface area contributed by atoms with Gasteiger partial charge in [0.1, 0.15) is 11.5 Å². The Balaban J connectivity index is 1.70. The molecule has 1 fully saturated rings. The van der Waals surface area contributed by atoms with Gasteiger partial charge in [0, 0.05) is 37.2 Å². The molecule has 1 N–H and O–H groups in total. The number of hydrazone groups is 1. The van der Waals surface area contributed by atoms with Crippen LogP contribution in [0.2, 0.25) is 5.02 Å². The van der Waals surface area contributed by atoms with Crippen molar-refractivity contribution in [2.24, 2.45) is 10.1 Å². The molecule has 0 bridgehead atoms. The second-order valence-corrected chi connectivity index (χ2v) is 7.61. The topological polar surface area (TPSA) is 91.1 Å². The van der Waals surface area contributed by atoms with E-state index in [1.165, 1.54) is 0 Å². The summed E-state index contributed by atoms with van der Waals surface area (Å²) in [5.41, 5.74) is 3.79. The number of guanidine groups is 1. The number of benzene rings is 1. The van der Waals surface area contributed by atoms with Crippen LogP contribution in [0.3, 0.4) is 0 Å². The Morgan fingerprint density at radius 3 is 2.59 bits per heavy atom. The first-order valence-corrected chi connectivity index (χ1v) is 9.77. The highest BCUT2D eigenvalue weighted by Crippen LogP contribution is 2.33. The van der Waals surface area contributed by atoms with E-state index in [1.54, 1.807) is 13.3 Å². The molecular weight excluding hydrogens is 392 g/mol. The van der Waals surface area contributed by atoms with Gasteiger partial charge < -0.3 is 9.64 Å². The number of methoxy groups -OCH3 is 1. The molecule has 0 atom stereocenters. The summed E-state index contributed by atoms with van der Waals surface area (Å²) in [6.07, 6.45) is 3.45. The number of aryl methyl sites for hydroxylation is 1. The van der Waals surface area contributed by atoms with E-state index in [2.05, 4.69) is 42.4 Å². The number of nitrogens with zero attached hydrogens (tertiary/aromatic N) is 7. The summed E-state index contributed by atoms with van der Waals surface area (Å²) in [6, 6.07) is 7.73. The summed E-state index contributed by atoms with van der Waals surface area (Å²) in [5, 5.41) is 5.20. The Kier molecular flexibility index (Phi) is 5.33. The molecule has 1 aromatic carbocycles. The Bertz CT molecular complexity index is 938. The number of piperidine rings is 1. The molecule has 3 heterocycles. The number of halogens is 1. The maximum Gasteiger partial charge on any atom is 0.321 e. The lowest BCUT2D eigenvalue weighted by Gasteiger charge is -2.42. The van der Waals surface area contributed by atoms with Crippen LogP contribution in [-0.4, -0.2) is 64.9 Å². The SMILES string of the molecule is COc1nc(C)nc(N2C(/N=C/c3ccc(Cl)cc3)=NNC23CCN(C)CC3)n1. The lowest BCUT2D eigenvalue weighted by atomic mass is 9.96. The first-order valence-electron chi connectivity index (χ1n) is 9.39. The molecule has 1 spiro atoms. The third-order valence-corrected chi connectivity index (χ3v) is 5.35. The first kappa shape index (κ1) is 19.5. The fraction of sp³-hybridized carbons (Fsp3) is 0.421. The van der Waals surface area contributed by atoms with Gasteiger partial charge in [0.25, 0.3) is 5.96 Å². The van der Waals surface area contributed by atoms with E-state index in [1.807, 2.05) is 36.1 Å². The molecule has 2 aromatic rings. The van der Waals surface area contributed by atoms with Gasteiger partial charge >= 0.3 is 6.01 Å². The van der Waals surface area contributed by atoms with Gasteiger partial charge in [-0.3, -0.25) is 10.3 Å². The zero-order chi connectivity index (χ0) is 20.4. The van der Waals surface area contributed by atoms with Gasteiger partial charge in [-0.1, -0.05) is 23.7 Å². The van der Waals surface area contributed by atoms with E-state index in [4.69, 9.17) is 16.3 Å². The fourth-order valence-corrected chi connectivity index (χ4v) is 3.58. The van der Waals surface area contributed by atoms with Gasteiger partial charge in [-0.15, -0.1) is 5.10 Å². The van der Waals surface area contributed by atoms with Crippen molar-refractivity contribution in [3.63, 3.8) is 0 Å². The summed E-state index contributed by atoms with van der Waals surface area (Å²) in [4.78, 5) is 22.1.